The van der Waals surface area contributed by atoms with E-state index in [0.29, 0.717) is 6.04 Å². The van der Waals surface area contributed by atoms with Gasteiger partial charge in [0.2, 0.25) is 0 Å². The third-order valence-electron chi connectivity index (χ3n) is 2.38. The summed E-state index contributed by atoms with van der Waals surface area (Å²) in [5, 5.41) is 13.2. The standard InChI is InChI=1S/C9H21NOSi/c1-12(2,3)7-9(11)8-5-4-6-10-8/h8-11H,4-7H2,1-3H3/t8-,9+/m0/s1. The van der Waals surface area contributed by atoms with Crippen LogP contribution < -0.4 is 5.32 Å². The molecule has 2 atom stereocenters. The van der Waals surface area contributed by atoms with Crippen molar-refractivity contribution in [1.82, 2.24) is 5.32 Å². The van der Waals surface area contributed by atoms with E-state index in [4.69, 9.17) is 0 Å². The van der Waals surface area contributed by atoms with Crippen LogP contribution in [0.15, 0.2) is 0 Å². The van der Waals surface area contributed by atoms with Gasteiger partial charge in [0.15, 0.2) is 0 Å². The number of nitrogens with one attached hydrogen (secondary N) is 1. The van der Waals surface area contributed by atoms with E-state index in [1.54, 1.807) is 0 Å². The molecule has 0 saturated carbocycles. The zero-order chi connectivity index (χ0) is 9.19. The fourth-order valence-electron chi connectivity index (χ4n) is 1.81. The average molecular weight is 187 g/mol. The van der Waals surface area contributed by atoms with Crippen molar-refractivity contribution in [3.8, 4) is 0 Å². The molecule has 1 rings (SSSR count). The lowest BCUT2D eigenvalue weighted by atomic mass is 10.1. The van der Waals surface area contributed by atoms with Crippen molar-refractivity contribution in [3.05, 3.63) is 0 Å². The van der Waals surface area contributed by atoms with Gasteiger partial charge in [0, 0.05) is 14.1 Å². The molecule has 1 fully saturated rings. The Kier molecular flexibility index (Phi) is 3.32. The fourth-order valence-corrected chi connectivity index (χ4v) is 3.35. The van der Waals surface area contributed by atoms with Crippen molar-refractivity contribution in [2.45, 2.75) is 50.7 Å². The number of hydrogen-bond donors (Lipinski definition) is 2. The monoisotopic (exact) mass is 187 g/mol. The van der Waals surface area contributed by atoms with E-state index in [0.717, 1.165) is 19.0 Å². The summed E-state index contributed by atoms with van der Waals surface area (Å²) in [6.07, 6.45) is 2.29. The molecule has 0 aromatic carbocycles. The van der Waals surface area contributed by atoms with E-state index in [2.05, 4.69) is 25.0 Å². The molecule has 0 radical (unpaired) electrons. The van der Waals surface area contributed by atoms with Crippen LogP contribution in [0.25, 0.3) is 0 Å². The third-order valence-corrected chi connectivity index (χ3v) is 4.03. The maximum Gasteiger partial charge on any atom is 0.0669 e. The maximum absolute atomic E-state index is 9.86. The molecule has 0 spiro atoms. The summed E-state index contributed by atoms with van der Waals surface area (Å²) in [5.74, 6) is 0. The van der Waals surface area contributed by atoms with Crippen molar-refractivity contribution in [3.63, 3.8) is 0 Å². The van der Waals surface area contributed by atoms with Gasteiger partial charge in [-0.05, 0) is 25.4 Å². The summed E-state index contributed by atoms with van der Waals surface area (Å²) >= 11 is 0. The van der Waals surface area contributed by atoms with Crippen molar-refractivity contribution in [2.75, 3.05) is 6.54 Å². The first-order valence-corrected chi connectivity index (χ1v) is 8.61. The minimum Gasteiger partial charge on any atom is -0.392 e. The summed E-state index contributed by atoms with van der Waals surface area (Å²) in [7, 11) is -1.08. The minimum atomic E-state index is -1.08. The predicted octanol–water partition coefficient (Wildman–Crippen LogP) is 1.44. The molecule has 0 unspecified atom stereocenters. The van der Waals surface area contributed by atoms with Gasteiger partial charge in [-0.3, -0.25) is 0 Å². The van der Waals surface area contributed by atoms with Crippen LogP contribution in [-0.2, 0) is 0 Å². The van der Waals surface area contributed by atoms with Gasteiger partial charge in [0.25, 0.3) is 0 Å². The highest BCUT2D eigenvalue weighted by atomic mass is 28.3. The van der Waals surface area contributed by atoms with Gasteiger partial charge in [-0.15, -0.1) is 0 Å². The first-order chi connectivity index (χ1) is 5.49. The highest BCUT2D eigenvalue weighted by Crippen LogP contribution is 2.18. The van der Waals surface area contributed by atoms with Gasteiger partial charge in [-0.25, -0.2) is 0 Å². The van der Waals surface area contributed by atoms with Gasteiger partial charge >= 0.3 is 0 Å². The van der Waals surface area contributed by atoms with Crippen molar-refractivity contribution in [2.24, 2.45) is 0 Å². The lowest BCUT2D eigenvalue weighted by Gasteiger charge is -2.24. The van der Waals surface area contributed by atoms with Crippen LogP contribution >= 0.6 is 0 Å². The largest absolute Gasteiger partial charge is 0.392 e. The quantitative estimate of drug-likeness (QED) is 0.655. The number of hydrogen-bond acceptors (Lipinski definition) is 2. The van der Waals surface area contributed by atoms with E-state index >= 15 is 0 Å². The van der Waals surface area contributed by atoms with Gasteiger partial charge in [-0.1, -0.05) is 19.6 Å². The second-order valence-electron chi connectivity index (χ2n) is 5.03. The molecule has 72 valence electrons. The van der Waals surface area contributed by atoms with Crippen LogP contribution in [0.2, 0.25) is 25.7 Å². The van der Waals surface area contributed by atoms with Crippen LogP contribution in [0.4, 0.5) is 0 Å². The second kappa shape index (κ2) is 3.90. The van der Waals surface area contributed by atoms with Crippen molar-refractivity contribution < 1.29 is 5.11 Å². The number of aliphatic hydroxyl groups is 1. The van der Waals surface area contributed by atoms with E-state index in [1.165, 1.54) is 6.42 Å². The van der Waals surface area contributed by atoms with Crippen LogP contribution in [0.1, 0.15) is 12.8 Å². The molecule has 0 amide bonds. The molecule has 2 N–H and O–H groups in total. The van der Waals surface area contributed by atoms with E-state index < -0.39 is 8.07 Å². The van der Waals surface area contributed by atoms with Crippen LogP contribution in [-0.4, -0.2) is 31.9 Å². The molecule has 2 nitrogen and oxygen atoms in total. The highest BCUT2D eigenvalue weighted by molar-refractivity contribution is 6.76. The normalized spacial score (nSPS) is 27.5. The molecule has 0 aromatic rings. The Labute approximate surface area is 76.4 Å². The molecule has 1 aliphatic heterocycles. The zero-order valence-corrected chi connectivity index (χ0v) is 9.43. The number of rotatable bonds is 3. The molecule has 1 saturated heterocycles. The maximum atomic E-state index is 9.86. The SMILES string of the molecule is C[Si](C)(C)C[C@@H](O)[C@@H]1CCCN1. The van der Waals surface area contributed by atoms with Gasteiger partial charge in [-0.2, -0.15) is 0 Å². The van der Waals surface area contributed by atoms with E-state index in [1.807, 2.05) is 0 Å². The lowest BCUT2D eigenvalue weighted by molar-refractivity contribution is 0.153. The molecule has 1 aliphatic rings. The summed E-state index contributed by atoms with van der Waals surface area (Å²) in [6.45, 7) is 8.02. The molecule has 1 heterocycles. The minimum absolute atomic E-state index is 0.0980. The first kappa shape index (κ1) is 10.2. The molecule has 0 bridgehead atoms. The molecule has 3 heteroatoms. The Balaban J connectivity index is 2.31. The Morgan fingerprint density at radius 2 is 2.17 bits per heavy atom. The van der Waals surface area contributed by atoms with E-state index in [-0.39, 0.29) is 6.10 Å². The fraction of sp³-hybridized carbons (Fsp3) is 1.00. The molecular formula is C9H21NOSi. The van der Waals surface area contributed by atoms with Crippen LogP contribution in [0.3, 0.4) is 0 Å². The van der Waals surface area contributed by atoms with Gasteiger partial charge in [0.05, 0.1) is 6.10 Å². The Bertz CT molecular complexity index is 138. The topological polar surface area (TPSA) is 32.3 Å². The van der Waals surface area contributed by atoms with Gasteiger partial charge < -0.3 is 10.4 Å². The summed E-state index contributed by atoms with van der Waals surface area (Å²) in [6, 6.07) is 1.42. The second-order valence-corrected chi connectivity index (χ2v) is 10.6. The first-order valence-electron chi connectivity index (χ1n) is 4.90. The van der Waals surface area contributed by atoms with Crippen LogP contribution in [0, 0.1) is 0 Å². The zero-order valence-electron chi connectivity index (χ0n) is 8.43. The van der Waals surface area contributed by atoms with Crippen molar-refractivity contribution >= 4 is 8.07 Å². The van der Waals surface area contributed by atoms with Crippen molar-refractivity contribution in [1.29, 1.82) is 0 Å². The Morgan fingerprint density at radius 1 is 1.50 bits per heavy atom. The summed E-state index contributed by atoms with van der Waals surface area (Å²) in [4.78, 5) is 0. The smallest absolute Gasteiger partial charge is 0.0669 e. The third kappa shape index (κ3) is 3.25. The molecule has 0 aliphatic carbocycles. The van der Waals surface area contributed by atoms with E-state index in [9.17, 15) is 5.11 Å². The molecule has 0 aromatic heterocycles. The highest BCUT2D eigenvalue weighted by Gasteiger charge is 2.27. The summed E-state index contributed by atoms with van der Waals surface area (Å²) in [5.41, 5.74) is 0. The molecular weight excluding hydrogens is 166 g/mol. The number of aliphatic hydroxyl groups excluding tert-OH is 1. The predicted molar refractivity (Wildman–Crippen MR) is 55.2 cm³/mol. The van der Waals surface area contributed by atoms with Gasteiger partial charge in [0.1, 0.15) is 0 Å². The lowest BCUT2D eigenvalue weighted by Crippen LogP contribution is -2.39. The summed E-state index contributed by atoms with van der Waals surface area (Å²) < 4.78 is 0. The molecule has 12 heavy (non-hydrogen) atoms. The Morgan fingerprint density at radius 3 is 2.58 bits per heavy atom. The average Bonchev–Trinajstić information content (AvgIpc) is 2.32. The van der Waals surface area contributed by atoms with Crippen LogP contribution in [0.5, 0.6) is 0 Å². The Hall–Kier alpha value is 0.137.